The zero-order valence-electron chi connectivity index (χ0n) is 26.4. The Morgan fingerprint density at radius 2 is 1.81 bits per heavy atom. The highest BCUT2D eigenvalue weighted by atomic mass is 32.2. The standard InChI is InChI=1S/C34H38F4N6O2S/c1-22(2)29-20-26(35)11-16-30(29)44-18-5-19-47-33(44)43-32(45)40-17-4-6-23(3)24-7-9-25(10-8-24)31(39)42-21-41-27-12-14-28(15-13-27)46-34(36,37)38/h7-16,20-23H,4-6,17-19H2,1-3H3,(H,40,45)(H2,39,41,42). The summed E-state index contributed by atoms with van der Waals surface area (Å²) >= 11 is 1.53. The Balaban J connectivity index is 1.25. The second kappa shape index (κ2) is 16.4. The van der Waals surface area contributed by atoms with E-state index in [1.807, 2.05) is 43.0 Å². The summed E-state index contributed by atoms with van der Waals surface area (Å²) in [6.07, 6.45) is -0.977. The highest BCUT2D eigenvalue weighted by molar-refractivity contribution is 8.14. The van der Waals surface area contributed by atoms with E-state index in [2.05, 4.69) is 32.0 Å². The van der Waals surface area contributed by atoms with Crippen LogP contribution in [-0.2, 0) is 0 Å². The number of hydrogen-bond acceptors (Lipinski definition) is 4. The fourth-order valence-corrected chi connectivity index (χ4v) is 5.90. The average Bonchev–Trinajstić information content (AvgIpc) is 3.03. The average molecular weight is 671 g/mol. The summed E-state index contributed by atoms with van der Waals surface area (Å²) < 4.78 is 54.7. The first-order valence-electron chi connectivity index (χ1n) is 15.3. The van der Waals surface area contributed by atoms with Gasteiger partial charge in [-0.15, -0.1) is 13.2 Å². The molecule has 13 heteroatoms. The minimum atomic E-state index is -4.76. The van der Waals surface area contributed by atoms with E-state index >= 15 is 0 Å². The highest BCUT2D eigenvalue weighted by Gasteiger charge is 2.31. The van der Waals surface area contributed by atoms with Gasteiger partial charge in [0.2, 0.25) is 0 Å². The van der Waals surface area contributed by atoms with Crippen molar-refractivity contribution in [2.75, 3.05) is 23.7 Å². The summed E-state index contributed by atoms with van der Waals surface area (Å²) in [5.74, 6) is 0.843. The van der Waals surface area contributed by atoms with Crippen LogP contribution in [0.5, 0.6) is 5.75 Å². The van der Waals surface area contributed by atoms with Crippen LogP contribution in [0, 0.1) is 5.82 Å². The van der Waals surface area contributed by atoms with E-state index in [1.165, 1.54) is 48.4 Å². The van der Waals surface area contributed by atoms with Crippen molar-refractivity contribution in [2.24, 2.45) is 20.7 Å². The third-order valence-corrected chi connectivity index (χ3v) is 8.49. The number of amidine groups is 2. The lowest BCUT2D eigenvalue weighted by Crippen LogP contribution is -2.36. The number of carbonyl (C=O) groups excluding carboxylic acids is 1. The molecule has 0 saturated carbocycles. The van der Waals surface area contributed by atoms with Crippen molar-refractivity contribution >= 4 is 46.5 Å². The number of alkyl halides is 3. The summed E-state index contributed by atoms with van der Waals surface area (Å²) in [4.78, 5) is 27.3. The van der Waals surface area contributed by atoms with Crippen LogP contribution in [0.25, 0.3) is 0 Å². The van der Waals surface area contributed by atoms with E-state index in [1.54, 1.807) is 12.1 Å². The van der Waals surface area contributed by atoms with Crippen molar-refractivity contribution < 1.29 is 27.1 Å². The Bertz CT molecular complexity index is 1590. The number of thioether (sulfide) groups is 1. The maximum absolute atomic E-state index is 13.9. The van der Waals surface area contributed by atoms with Crippen LogP contribution in [0.15, 0.2) is 81.7 Å². The van der Waals surface area contributed by atoms with Gasteiger partial charge in [0.25, 0.3) is 0 Å². The van der Waals surface area contributed by atoms with Gasteiger partial charge in [-0.05, 0) is 84.7 Å². The van der Waals surface area contributed by atoms with Gasteiger partial charge in [-0.25, -0.2) is 19.2 Å². The minimum absolute atomic E-state index is 0.123. The number of anilines is 1. The number of benzene rings is 3. The fraction of sp³-hybridized carbons (Fsp3) is 0.353. The Labute approximate surface area is 276 Å². The lowest BCUT2D eigenvalue weighted by Gasteiger charge is -2.32. The van der Waals surface area contributed by atoms with Gasteiger partial charge in [-0.3, -0.25) is 0 Å². The Morgan fingerprint density at radius 1 is 1.09 bits per heavy atom. The van der Waals surface area contributed by atoms with Crippen molar-refractivity contribution in [2.45, 2.75) is 58.2 Å². The van der Waals surface area contributed by atoms with Gasteiger partial charge in [0.15, 0.2) is 5.17 Å². The molecule has 1 heterocycles. The van der Waals surface area contributed by atoms with Gasteiger partial charge < -0.3 is 20.7 Å². The molecule has 0 spiro atoms. The van der Waals surface area contributed by atoms with Gasteiger partial charge in [0, 0.05) is 30.1 Å². The lowest BCUT2D eigenvalue weighted by molar-refractivity contribution is -0.274. The number of nitrogens with zero attached hydrogens (tertiary/aromatic N) is 4. The summed E-state index contributed by atoms with van der Waals surface area (Å²) in [5.41, 5.74) is 10.1. The van der Waals surface area contributed by atoms with Crippen LogP contribution in [0.4, 0.5) is 33.7 Å². The molecule has 2 amide bonds. The zero-order valence-corrected chi connectivity index (χ0v) is 27.2. The number of halogens is 4. The number of carbonyl (C=O) groups is 1. The molecule has 3 aromatic rings. The predicted octanol–water partition coefficient (Wildman–Crippen LogP) is 8.51. The molecule has 0 bridgehead atoms. The number of amides is 2. The number of ether oxygens (including phenoxy) is 1. The van der Waals surface area contributed by atoms with E-state index in [9.17, 15) is 22.4 Å². The molecule has 3 N–H and O–H groups in total. The molecule has 3 aromatic carbocycles. The van der Waals surface area contributed by atoms with E-state index in [4.69, 9.17) is 5.73 Å². The number of rotatable bonds is 11. The monoisotopic (exact) mass is 670 g/mol. The maximum Gasteiger partial charge on any atom is 0.573 e. The molecule has 1 saturated heterocycles. The molecule has 0 aromatic heterocycles. The molecule has 250 valence electrons. The first-order chi connectivity index (χ1) is 22.4. The van der Waals surface area contributed by atoms with E-state index in [-0.39, 0.29) is 29.2 Å². The first kappa shape index (κ1) is 35.5. The fourth-order valence-electron chi connectivity index (χ4n) is 4.95. The number of nitrogens with one attached hydrogen (secondary N) is 1. The van der Waals surface area contributed by atoms with E-state index < -0.39 is 12.4 Å². The first-order valence-corrected chi connectivity index (χ1v) is 16.3. The van der Waals surface area contributed by atoms with Crippen LogP contribution < -0.4 is 20.7 Å². The third kappa shape index (κ3) is 10.8. The summed E-state index contributed by atoms with van der Waals surface area (Å²) in [6, 6.07) is 17.1. The number of urea groups is 1. The van der Waals surface area contributed by atoms with Crippen LogP contribution in [0.3, 0.4) is 0 Å². The molecule has 8 nitrogen and oxygen atoms in total. The van der Waals surface area contributed by atoms with Crippen LogP contribution in [0.2, 0.25) is 0 Å². The highest BCUT2D eigenvalue weighted by Crippen LogP contribution is 2.33. The Hall–Kier alpha value is -4.39. The van der Waals surface area contributed by atoms with Crippen molar-refractivity contribution in [1.29, 1.82) is 0 Å². The molecule has 1 unspecified atom stereocenters. The predicted molar refractivity (Wildman–Crippen MR) is 182 cm³/mol. The second-order valence-corrected chi connectivity index (χ2v) is 12.4. The lowest BCUT2D eigenvalue weighted by atomic mass is 9.95. The molecule has 1 fully saturated rings. The molecular weight excluding hydrogens is 632 g/mol. The largest absolute Gasteiger partial charge is 0.573 e. The smallest absolute Gasteiger partial charge is 0.406 e. The molecule has 1 aliphatic rings. The third-order valence-electron chi connectivity index (χ3n) is 7.43. The topological polar surface area (TPSA) is 105 Å². The summed E-state index contributed by atoms with van der Waals surface area (Å²) in [6.45, 7) is 7.34. The number of hydrogen-bond donors (Lipinski definition) is 2. The van der Waals surface area contributed by atoms with Crippen LogP contribution in [0.1, 0.15) is 68.6 Å². The normalized spacial score (nSPS) is 15.8. The van der Waals surface area contributed by atoms with Crippen LogP contribution in [-0.4, -0.2) is 48.6 Å². The van der Waals surface area contributed by atoms with E-state index in [0.717, 1.165) is 41.8 Å². The quantitative estimate of drug-likeness (QED) is 0.0922. The summed E-state index contributed by atoms with van der Waals surface area (Å²) in [7, 11) is 0. The van der Waals surface area contributed by atoms with Crippen molar-refractivity contribution in [3.63, 3.8) is 0 Å². The molecule has 1 aliphatic heterocycles. The van der Waals surface area contributed by atoms with E-state index in [0.29, 0.717) is 29.5 Å². The Kier molecular flexibility index (Phi) is 12.4. The number of nitrogens with two attached hydrogens (primary N) is 1. The SMILES string of the molecule is CC(C)c1cc(F)ccc1N1CCCSC1=NC(=O)NCCCC(C)c1ccc(C(N)=NC=Nc2ccc(OC(F)(F)F)cc2)cc1. The molecule has 47 heavy (non-hydrogen) atoms. The van der Waals surface area contributed by atoms with Crippen molar-refractivity contribution in [3.05, 3.63) is 89.2 Å². The molecule has 1 atom stereocenters. The maximum atomic E-state index is 13.9. The van der Waals surface area contributed by atoms with Gasteiger partial charge in [0.1, 0.15) is 23.7 Å². The molecule has 0 aliphatic carbocycles. The van der Waals surface area contributed by atoms with Crippen LogP contribution >= 0.6 is 11.8 Å². The number of aliphatic imine (C=N–C) groups is 3. The zero-order chi connectivity index (χ0) is 34.0. The van der Waals surface area contributed by atoms with Crippen molar-refractivity contribution in [1.82, 2.24) is 5.32 Å². The van der Waals surface area contributed by atoms with Crippen molar-refractivity contribution in [3.8, 4) is 5.75 Å². The summed E-state index contributed by atoms with van der Waals surface area (Å²) in [5, 5.41) is 3.52. The molecule has 0 radical (unpaired) electrons. The van der Waals surface area contributed by atoms with Gasteiger partial charge in [-0.2, -0.15) is 4.99 Å². The second-order valence-electron chi connectivity index (χ2n) is 11.3. The van der Waals surface area contributed by atoms with Gasteiger partial charge in [-0.1, -0.05) is 56.8 Å². The Morgan fingerprint density at radius 3 is 2.49 bits per heavy atom. The molecular formula is C34H38F4N6O2S. The van der Waals surface area contributed by atoms with Gasteiger partial charge in [0.05, 0.1) is 5.69 Å². The van der Waals surface area contributed by atoms with Gasteiger partial charge >= 0.3 is 12.4 Å². The minimum Gasteiger partial charge on any atom is -0.406 e. The molecule has 4 rings (SSSR count).